The first-order chi connectivity index (χ1) is 16.9. The summed E-state index contributed by atoms with van der Waals surface area (Å²) in [6.45, 7) is 11.2. The summed E-state index contributed by atoms with van der Waals surface area (Å²) in [4.78, 5) is 26.6. The molecule has 0 spiro atoms. The molecule has 1 atom stereocenters. The maximum Gasteiger partial charge on any atom is 0.337 e. The molecular weight excluding hydrogens is 462 g/mol. The highest BCUT2D eigenvalue weighted by atomic mass is 32.2. The van der Waals surface area contributed by atoms with E-state index < -0.39 is 0 Å². The quantitative estimate of drug-likeness (QED) is 0.312. The van der Waals surface area contributed by atoms with Gasteiger partial charge >= 0.3 is 5.97 Å². The van der Waals surface area contributed by atoms with Gasteiger partial charge in [-0.15, -0.1) is 10.2 Å². The van der Waals surface area contributed by atoms with Gasteiger partial charge in [0.2, 0.25) is 5.91 Å². The maximum absolute atomic E-state index is 12.7. The second-order valence-electron chi connectivity index (χ2n) is 7.94. The highest BCUT2D eigenvalue weighted by molar-refractivity contribution is 8.00. The minimum Gasteiger partial charge on any atom is -0.465 e. The van der Waals surface area contributed by atoms with Gasteiger partial charge in [-0.3, -0.25) is 4.79 Å². The Kier molecular flexibility index (Phi) is 9.31. The molecule has 1 amide bonds. The molecule has 186 valence electrons. The molecule has 0 aliphatic heterocycles. The summed E-state index contributed by atoms with van der Waals surface area (Å²) in [5.41, 5.74) is 3.55. The first-order valence-corrected chi connectivity index (χ1v) is 12.7. The number of anilines is 1. The number of benzene rings is 2. The Hall–Kier alpha value is -3.33. The van der Waals surface area contributed by atoms with Crippen LogP contribution in [0.15, 0.2) is 53.7 Å². The van der Waals surface area contributed by atoms with Crippen LogP contribution >= 0.6 is 11.8 Å². The van der Waals surface area contributed by atoms with Crippen LogP contribution in [0.5, 0.6) is 0 Å². The summed E-state index contributed by atoms with van der Waals surface area (Å²) in [6, 6.07) is 15.3. The zero-order valence-corrected chi connectivity index (χ0v) is 21.8. The van der Waals surface area contributed by atoms with Gasteiger partial charge in [0, 0.05) is 37.4 Å². The lowest BCUT2D eigenvalue weighted by atomic mass is 10.1. The Morgan fingerprint density at radius 1 is 1.03 bits per heavy atom. The minimum atomic E-state index is -0.384. The van der Waals surface area contributed by atoms with E-state index in [2.05, 4.69) is 58.5 Å². The van der Waals surface area contributed by atoms with E-state index in [1.54, 1.807) is 24.3 Å². The Morgan fingerprint density at radius 3 is 2.26 bits per heavy atom. The number of ether oxygens (including phenoxy) is 1. The average molecular weight is 496 g/mol. The number of thioether (sulfide) groups is 1. The number of amides is 1. The van der Waals surface area contributed by atoms with Crippen LogP contribution in [0.3, 0.4) is 0 Å². The fourth-order valence-electron chi connectivity index (χ4n) is 3.71. The van der Waals surface area contributed by atoms with Crippen LogP contribution in [0.1, 0.15) is 43.6 Å². The van der Waals surface area contributed by atoms with Crippen molar-refractivity contribution >= 4 is 29.3 Å². The first-order valence-electron chi connectivity index (χ1n) is 11.8. The molecule has 3 aromatic rings. The molecule has 0 radical (unpaired) electrons. The molecule has 1 unspecified atom stereocenters. The van der Waals surface area contributed by atoms with Crippen molar-refractivity contribution in [2.75, 3.05) is 25.1 Å². The van der Waals surface area contributed by atoms with Crippen LogP contribution in [0.25, 0.3) is 11.4 Å². The smallest absolute Gasteiger partial charge is 0.337 e. The number of aromatic nitrogens is 3. The van der Waals surface area contributed by atoms with Gasteiger partial charge in [0.15, 0.2) is 11.0 Å². The van der Waals surface area contributed by atoms with Crippen molar-refractivity contribution in [1.29, 1.82) is 0 Å². The molecular formula is C26H33N5O3S. The monoisotopic (exact) mass is 495 g/mol. The number of nitrogens with one attached hydrogen (secondary N) is 1. The molecule has 1 N–H and O–H groups in total. The van der Waals surface area contributed by atoms with Crippen LogP contribution in [0.2, 0.25) is 0 Å². The van der Waals surface area contributed by atoms with Gasteiger partial charge in [-0.2, -0.15) is 0 Å². The highest BCUT2D eigenvalue weighted by Gasteiger charge is 2.20. The molecule has 8 nitrogen and oxygen atoms in total. The molecule has 1 aromatic heterocycles. The second-order valence-corrected chi connectivity index (χ2v) is 9.24. The lowest BCUT2D eigenvalue weighted by Gasteiger charge is -2.21. The normalized spacial score (nSPS) is 11.7. The Balaban J connectivity index is 1.63. The highest BCUT2D eigenvalue weighted by Crippen LogP contribution is 2.28. The number of rotatable bonds is 11. The lowest BCUT2D eigenvalue weighted by Crippen LogP contribution is -2.30. The van der Waals surface area contributed by atoms with E-state index in [9.17, 15) is 9.59 Å². The van der Waals surface area contributed by atoms with E-state index in [4.69, 9.17) is 4.74 Å². The van der Waals surface area contributed by atoms with E-state index in [0.717, 1.165) is 30.0 Å². The van der Waals surface area contributed by atoms with Gasteiger partial charge in [0.1, 0.15) is 0 Å². The second kappa shape index (κ2) is 12.4. The third kappa shape index (κ3) is 6.42. The number of methoxy groups -OCH3 is 1. The predicted octanol–water partition coefficient (Wildman–Crippen LogP) is 4.39. The number of hydrogen-bond donors (Lipinski definition) is 1. The van der Waals surface area contributed by atoms with Crippen LogP contribution in [0.4, 0.5) is 5.69 Å². The van der Waals surface area contributed by atoms with Crippen LogP contribution < -0.4 is 10.2 Å². The van der Waals surface area contributed by atoms with E-state index in [1.807, 2.05) is 18.4 Å². The van der Waals surface area contributed by atoms with Crippen LogP contribution in [0, 0.1) is 0 Å². The van der Waals surface area contributed by atoms with Crippen molar-refractivity contribution in [2.45, 2.75) is 51.2 Å². The number of hydrogen-bond acceptors (Lipinski definition) is 7. The Labute approximate surface area is 211 Å². The third-order valence-corrected chi connectivity index (χ3v) is 6.86. The fourth-order valence-corrected chi connectivity index (χ4v) is 4.64. The summed E-state index contributed by atoms with van der Waals surface area (Å²) in [5.74, 6) is 0.312. The van der Waals surface area contributed by atoms with E-state index in [0.29, 0.717) is 23.8 Å². The van der Waals surface area contributed by atoms with Crippen molar-refractivity contribution in [3.05, 3.63) is 59.7 Å². The average Bonchev–Trinajstić information content (AvgIpc) is 3.30. The molecule has 0 saturated heterocycles. The molecule has 0 aliphatic rings. The van der Waals surface area contributed by atoms with Gasteiger partial charge in [-0.05, 0) is 69.7 Å². The topological polar surface area (TPSA) is 89.3 Å². The maximum atomic E-state index is 12.7. The summed E-state index contributed by atoms with van der Waals surface area (Å²) in [6.07, 6.45) is 0. The number of esters is 1. The standard InChI is InChI=1S/C26H33N5O3S/c1-6-30(7-2)22-15-13-20(14-16-22)23-28-29-26(31(23)8-3)35-18(4)24(32)27-17-19-9-11-21(12-10-19)25(33)34-5/h9-16,18H,6-8,17H2,1-5H3,(H,27,32). The summed E-state index contributed by atoms with van der Waals surface area (Å²) in [5, 5.41) is 12.1. The Bertz CT molecular complexity index is 1120. The van der Waals surface area contributed by atoms with E-state index in [-0.39, 0.29) is 17.1 Å². The van der Waals surface area contributed by atoms with Crippen LogP contribution in [-0.2, 0) is 22.6 Å². The molecule has 0 saturated carbocycles. The van der Waals surface area contributed by atoms with Gasteiger partial charge in [-0.1, -0.05) is 23.9 Å². The largest absolute Gasteiger partial charge is 0.465 e. The minimum absolute atomic E-state index is 0.0946. The van der Waals surface area contributed by atoms with Crippen molar-refractivity contribution < 1.29 is 14.3 Å². The zero-order chi connectivity index (χ0) is 25.4. The van der Waals surface area contributed by atoms with Crippen molar-refractivity contribution in [3.63, 3.8) is 0 Å². The van der Waals surface area contributed by atoms with Gasteiger partial charge < -0.3 is 19.5 Å². The van der Waals surface area contributed by atoms with Crippen molar-refractivity contribution in [1.82, 2.24) is 20.1 Å². The number of nitrogens with zero attached hydrogens (tertiary/aromatic N) is 4. The van der Waals surface area contributed by atoms with Crippen molar-refractivity contribution in [2.24, 2.45) is 0 Å². The summed E-state index contributed by atoms with van der Waals surface area (Å²) < 4.78 is 6.74. The molecule has 0 aliphatic carbocycles. The van der Waals surface area contributed by atoms with E-state index >= 15 is 0 Å². The van der Waals surface area contributed by atoms with Crippen LogP contribution in [-0.4, -0.2) is 52.1 Å². The molecule has 2 aromatic carbocycles. The first kappa shape index (κ1) is 26.3. The molecule has 9 heteroatoms. The predicted molar refractivity (Wildman–Crippen MR) is 140 cm³/mol. The summed E-state index contributed by atoms with van der Waals surface area (Å²) in [7, 11) is 1.35. The number of carbonyl (C=O) groups excluding carboxylic acids is 2. The third-order valence-electron chi connectivity index (χ3n) is 5.78. The van der Waals surface area contributed by atoms with Gasteiger partial charge in [-0.25, -0.2) is 4.79 Å². The van der Waals surface area contributed by atoms with Gasteiger partial charge in [0.25, 0.3) is 0 Å². The van der Waals surface area contributed by atoms with E-state index in [1.165, 1.54) is 24.6 Å². The SMILES string of the molecule is CCN(CC)c1ccc(-c2nnc(SC(C)C(=O)NCc3ccc(C(=O)OC)cc3)n2CC)cc1. The van der Waals surface area contributed by atoms with Gasteiger partial charge in [0.05, 0.1) is 17.9 Å². The molecule has 35 heavy (non-hydrogen) atoms. The Morgan fingerprint density at radius 2 is 1.69 bits per heavy atom. The molecule has 3 rings (SSSR count). The fraction of sp³-hybridized carbons (Fsp3) is 0.385. The lowest BCUT2D eigenvalue weighted by molar-refractivity contribution is -0.120. The van der Waals surface area contributed by atoms with Crippen molar-refractivity contribution in [3.8, 4) is 11.4 Å². The summed E-state index contributed by atoms with van der Waals surface area (Å²) >= 11 is 1.39. The molecule has 1 heterocycles. The molecule has 0 bridgehead atoms. The number of carbonyl (C=O) groups is 2. The zero-order valence-electron chi connectivity index (χ0n) is 20.9. The molecule has 0 fully saturated rings.